The monoisotopic (exact) mass is 516 g/mol. The Kier molecular flexibility index (Phi) is 6.58. The van der Waals surface area contributed by atoms with Gasteiger partial charge in [0.15, 0.2) is 5.78 Å². The highest BCUT2D eigenvalue weighted by molar-refractivity contribution is 6.77. The lowest BCUT2D eigenvalue weighted by Crippen LogP contribution is -2.41. The molecule has 36 heavy (non-hydrogen) atoms. The fourth-order valence-electron chi connectivity index (χ4n) is 5.80. The minimum atomic E-state index is -1.43. The van der Waals surface area contributed by atoms with Crippen LogP contribution in [0.25, 0.3) is 0 Å². The highest BCUT2D eigenvalue weighted by atomic mass is 28.3. The Hall–Kier alpha value is -2.38. The van der Waals surface area contributed by atoms with Gasteiger partial charge < -0.3 is 9.80 Å². The summed E-state index contributed by atoms with van der Waals surface area (Å²) in [5.74, 6) is 0.0860. The van der Waals surface area contributed by atoms with Crippen molar-refractivity contribution < 1.29 is 4.79 Å². The summed E-state index contributed by atoms with van der Waals surface area (Å²) < 4.78 is 0. The highest BCUT2D eigenvalue weighted by Crippen LogP contribution is 2.49. The van der Waals surface area contributed by atoms with E-state index in [9.17, 15) is 4.79 Å². The molecule has 0 aliphatic carbocycles. The summed E-state index contributed by atoms with van der Waals surface area (Å²) in [5, 5.41) is 0. The molecule has 3 nitrogen and oxygen atoms in total. The Morgan fingerprint density at radius 2 is 1.00 bits per heavy atom. The van der Waals surface area contributed by atoms with Crippen molar-refractivity contribution in [2.75, 3.05) is 22.1 Å². The molecule has 2 heterocycles. The summed E-state index contributed by atoms with van der Waals surface area (Å²) in [7, 11) is -2.86. The fraction of sp³-hybridized carbons (Fsp3) is 0.452. The van der Waals surface area contributed by atoms with Gasteiger partial charge in [-0.15, -0.1) is 0 Å². The molecule has 2 aromatic carbocycles. The van der Waals surface area contributed by atoms with E-state index in [2.05, 4.69) is 125 Å². The van der Waals surface area contributed by atoms with Crippen molar-refractivity contribution >= 4 is 33.3 Å². The molecule has 0 fully saturated rings. The van der Waals surface area contributed by atoms with Crippen LogP contribution in [-0.2, 0) is 15.6 Å². The molecule has 5 heteroatoms. The molecule has 0 unspecified atom stereocenters. The Bertz CT molecular complexity index is 1150. The molecular formula is C31H44N2OSi2. The van der Waals surface area contributed by atoms with Gasteiger partial charge in [-0.2, -0.15) is 0 Å². The molecule has 0 aromatic heterocycles. The maximum atomic E-state index is 13.9. The van der Waals surface area contributed by atoms with E-state index in [0.29, 0.717) is 0 Å². The number of hydrogen-bond acceptors (Lipinski definition) is 3. The average Bonchev–Trinajstić information content (AvgIpc) is 3.07. The smallest absolute Gasteiger partial charge is 0.182 e. The number of benzene rings is 2. The molecule has 0 N–H and O–H groups in total. The minimum Gasteiger partial charge on any atom is -0.347 e. The summed E-state index contributed by atoms with van der Waals surface area (Å²) >= 11 is 0. The third-order valence-corrected chi connectivity index (χ3v) is 9.95. The summed E-state index contributed by atoms with van der Waals surface area (Å²) in [6.07, 6.45) is 5.86. The number of allylic oxidation sites excluding steroid dienone is 4. The van der Waals surface area contributed by atoms with Crippen LogP contribution < -0.4 is 9.80 Å². The molecule has 4 rings (SSSR count). The van der Waals surface area contributed by atoms with Gasteiger partial charge in [0.05, 0.1) is 16.1 Å². The topological polar surface area (TPSA) is 23.6 Å². The number of nitrogens with zero attached hydrogens (tertiary/aromatic N) is 2. The molecule has 0 radical (unpaired) electrons. The zero-order chi connectivity index (χ0) is 26.7. The van der Waals surface area contributed by atoms with E-state index in [1.807, 2.05) is 12.2 Å². The SMILES string of the molecule is CC1(C)C(=CC(=O)C=C2N(C[Si](C)(C)C)c3ccccc3C2(C)C)N(C[Si](C)(C)C)c2ccccc21. The van der Waals surface area contributed by atoms with Gasteiger partial charge in [-0.05, 0) is 23.3 Å². The first-order chi connectivity index (χ1) is 16.5. The molecule has 2 aliphatic rings. The average molecular weight is 517 g/mol. The second-order valence-corrected chi connectivity index (χ2v) is 24.9. The van der Waals surface area contributed by atoms with Gasteiger partial charge >= 0.3 is 0 Å². The number of anilines is 2. The van der Waals surface area contributed by atoms with Crippen molar-refractivity contribution in [1.29, 1.82) is 0 Å². The molecule has 0 atom stereocenters. The lowest BCUT2D eigenvalue weighted by molar-refractivity contribution is -0.110. The number of carbonyl (C=O) groups is 1. The predicted octanol–water partition coefficient (Wildman–Crippen LogP) is 7.67. The second-order valence-electron chi connectivity index (χ2n) is 14.0. The Labute approximate surface area is 220 Å². The zero-order valence-electron chi connectivity index (χ0n) is 24.0. The van der Waals surface area contributed by atoms with E-state index in [-0.39, 0.29) is 16.6 Å². The summed E-state index contributed by atoms with van der Waals surface area (Å²) in [6, 6.07) is 17.3. The van der Waals surface area contributed by atoms with E-state index < -0.39 is 16.1 Å². The quantitative estimate of drug-likeness (QED) is 0.291. The summed E-state index contributed by atoms with van der Waals surface area (Å²) in [5.41, 5.74) is 6.95. The van der Waals surface area contributed by atoms with Gasteiger partial charge in [0, 0.05) is 58.1 Å². The van der Waals surface area contributed by atoms with Crippen LogP contribution >= 0.6 is 0 Å². The fourth-order valence-corrected chi connectivity index (χ4v) is 8.38. The summed E-state index contributed by atoms with van der Waals surface area (Å²) in [6.45, 7) is 23.4. The Balaban J connectivity index is 1.80. The number of fused-ring (bicyclic) bond motifs is 2. The van der Waals surface area contributed by atoms with Gasteiger partial charge in [-0.1, -0.05) is 103 Å². The van der Waals surface area contributed by atoms with Crippen LogP contribution in [0.4, 0.5) is 11.4 Å². The van der Waals surface area contributed by atoms with Crippen molar-refractivity contribution in [3.63, 3.8) is 0 Å². The number of para-hydroxylation sites is 2. The largest absolute Gasteiger partial charge is 0.347 e. The van der Waals surface area contributed by atoms with E-state index in [0.717, 1.165) is 23.7 Å². The van der Waals surface area contributed by atoms with Crippen LogP contribution in [0.15, 0.2) is 72.1 Å². The summed E-state index contributed by atoms with van der Waals surface area (Å²) in [4.78, 5) is 18.7. The molecule has 0 saturated heterocycles. The Morgan fingerprint density at radius 3 is 1.33 bits per heavy atom. The first-order valence-corrected chi connectivity index (χ1v) is 20.7. The van der Waals surface area contributed by atoms with Crippen molar-refractivity contribution in [2.45, 2.75) is 77.8 Å². The van der Waals surface area contributed by atoms with Crippen molar-refractivity contribution in [2.24, 2.45) is 0 Å². The molecule has 0 saturated carbocycles. The lowest BCUT2D eigenvalue weighted by Gasteiger charge is -2.32. The maximum absolute atomic E-state index is 13.9. The molecule has 2 aliphatic heterocycles. The number of hydrogen-bond donors (Lipinski definition) is 0. The van der Waals surface area contributed by atoms with Crippen molar-refractivity contribution in [1.82, 2.24) is 0 Å². The van der Waals surface area contributed by atoms with Crippen molar-refractivity contribution in [3.8, 4) is 0 Å². The van der Waals surface area contributed by atoms with Gasteiger partial charge in [0.25, 0.3) is 0 Å². The van der Waals surface area contributed by atoms with Crippen molar-refractivity contribution in [3.05, 3.63) is 83.2 Å². The lowest BCUT2D eigenvalue weighted by atomic mass is 9.82. The predicted molar refractivity (Wildman–Crippen MR) is 161 cm³/mol. The minimum absolute atomic E-state index is 0.0860. The molecule has 0 bridgehead atoms. The van der Waals surface area contributed by atoms with Crippen LogP contribution in [0.1, 0.15) is 38.8 Å². The van der Waals surface area contributed by atoms with Crippen LogP contribution in [0.3, 0.4) is 0 Å². The number of rotatable bonds is 6. The molecular weight excluding hydrogens is 473 g/mol. The molecule has 0 amide bonds. The first kappa shape index (κ1) is 26.7. The Morgan fingerprint density at radius 1 is 0.667 bits per heavy atom. The standard InChI is InChI=1S/C31H44N2OSi2/c1-30(2)24-15-11-13-17-26(24)32(21-35(5,6)7)28(30)19-23(34)20-29-31(3,4)25-16-12-14-18-27(25)33(29)22-36(8,9)10/h11-20H,21-22H2,1-10H3. The molecule has 2 aromatic rings. The van der Waals surface area contributed by atoms with Gasteiger partial charge in [0.1, 0.15) is 0 Å². The van der Waals surface area contributed by atoms with Gasteiger partial charge in [-0.3, -0.25) is 4.79 Å². The van der Waals surface area contributed by atoms with Gasteiger partial charge in [-0.25, -0.2) is 0 Å². The van der Waals surface area contributed by atoms with Gasteiger partial charge in [0.2, 0.25) is 0 Å². The van der Waals surface area contributed by atoms with Crippen LogP contribution in [0.5, 0.6) is 0 Å². The van der Waals surface area contributed by atoms with Crippen LogP contribution in [-0.4, -0.2) is 34.3 Å². The van der Waals surface area contributed by atoms with E-state index in [1.54, 1.807) is 0 Å². The first-order valence-electron chi connectivity index (χ1n) is 13.2. The zero-order valence-corrected chi connectivity index (χ0v) is 26.0. The maximum Gasteiger partial charge on any atom is 0.182 e. The molecule has 192 valence electrons. The van der Waals surface area contributed by atoms with Crippen LogP contribution in [0.2, 0.25) is 39.3 Å². The van der Waals surface area contributed by atoms with E-state index in [4.69, 9.17) is 0 Å². The third-order valence-electron chi connectivity index (χ3n) is 7.42. The third kappa shape index (κ3) is 4.92. The number of carbonyl (C=O) groups excluding carboxylic acids is 1. The van der Waals surface area contributed by atoms with Crippen LogP contribution in [0, 0.1) is 0 Å². The normalized spacial score (nSPS) is 20.7. The van der Waals surface area contributed by atoms with E-state index >= 15 is 0 Å². The van der Waals surface area contributed by atoms with E-state index in [1.165, 1.54) is 22.5 Å². The second kappa shape index (κ2) is 8.88. The highest BCUT2D eigenvalue weighted by Gasteiger charge is 2.43. The molecule has 0 spiro atoms. The number of ketones is 1.